The molecule has 0 radical (unpaired) electrons. The summed E-state index contributed by atoms with van der Waals surface area (Å²) in [5, 5.41) is 19.9. The van der Waals surface area contributed by atoms with Crippen LogP contribution in [-0.4, -0.2) is 33.6 Å². The summed E-state index contributed by atoms with van der Waals surface area (Å²) in [5.41, 5.74) is 1.08. The number of carbonyl (C=O) groups excluding carboxylic acids is 1. The summed E-state index contributed by atoms with van der Waals surface area (Å²) >= 11 is 0. The monoisotopic (exact) mass is 334 g/mol. The molecule has 3 N–H and O–H groups in total. The number of rotatable bonds is 6. The summed E-state index contributed by atoms with van der Waals surface area (Å²) in [5.74, 6) is 1.77. The van der Waals surface area contributed by atoms with E-state index in [1.54, 1.807) is 4.68 Å². The number of aliphatic hydroxyl groups excluding tert-OH is 1. The van der Waals surface area contributed by atoms with Gasteiger partial charge in [-0.3, -0.25) is 10.00 Å². The lowest BCUT2D eigenvalue weighted by molar-refractivity contribution is 0.202. The maximum atomic E-state index is 12.4. The third-order valence-electron chi connectivity index (χ3n) is 5.64. The van der Waals surface area contributed by atoms with Gasteiger partial charge in [0.25, 0.3) is 0 Å². The molecule has 1 heterocycles. The molecule has 2 amide bonds. The number of nitrogens with zero attached hydrogens (tertiary/aromatic N) is 2. The Bertz CT molecular complexity index is 547. The van der Waals surface area contributed by atoms with E-state index in [2.05, 4.69) is 15.7 Å². The molecule has 0 aliphatic heterocycles. The summed E-state index contributed by atoms with van der Waals surface area (Å²) < 4.78 is 1.74. The van der Waals surface area contributed by atoms with Gasteiger partial charge in [-0.2, -0.15) is 5.10 Å². The van der Waals surface area contributed by atoms with Gasteiger partial charge >= 0.3 is 6.03 Å². The number of amides is 2. The van der Waals surface area contributed by atoms with Crippen LogP contribution in [0.4, 0.5) is 10.6 Å². The first-order valence-electron chi connectivity index (χ1n) is 9.39. The van der Waals surface area contributed by atoms with Gasteiger partial charge in [-0.15, -0.1) is 0 Å². The normalized spacial score (nSPS) is 20.4. The molecule has 2 aliphatic rings. The zero-order chi connectivity index (χ0) is 16.9. The maximum Gasteiger partial charge on any atom is 0.320 e. The second-order valence-corrected chi connectivity index (χ2v) is 7.32. The van der Waals surface area contributed by atoms with E-state index >= 15 is 0 Å². The smallest absolute Gasteiger partial charge is 0.320 e. The summed E-state index contributed by atoms with van der Waals surface area (Å²) in [6, 6.07) is 1.85. The first kappa shape index (κ1) is 17.3. The zero-order valence-corrected chi connectivity index (χ0v) is 14.6. The zero-order valence-electron chi connectivity index (χ0n) is 14.6. The van der Waals surface area contributed by atoms with E-state index in [-0.39, 0.29) is 18.7 Å². The highest BCUT2D eigenvalue weighted by Crippen LogP contribution is 2.36. The van der Waals surface area contributed by atoms with Gasteiger partial charge in [0.1, 0.15) is 5.82 Å². The average Bonchev–Trinajstić information content (AvgIpc) is 2.86. The van der Waals surface area contributed by atoms with Gasteiger partial charge in [-0.05, 0) is 38.0 Å². The predicted octanol–water partition coefficient (Wildman–Crippen LogP) is 3.14. The third-order valence-corrected chi connectivity index (χ3v) is 5.64. The molecule has 134 valence electrons. The van der Waals surface area contributed by atoms with E-state index in [4.69, 9.17) is 0 Å². The molecule has 2 saturated carbocycles. The van der Waals surface area contributed by atoms with E-state index in [1.165, 1.54) is 38.5 Å². The van der Waals surface area contributed by atoms with Crippen LogP contribution in [0.25, 0.3) is 0 Å². The van der Waals surface area contributed by atoms with Crippen LogP contribution in [0.3, 0.4) is 0 Å². The number of hydrogen-bond donors (Lipinski definition) is 3. The number of anilines is 1. The highest BCUT2D eigenvalue weighted by molar-refractivity contribution is 5.88. The van der Waals surface area contributed by atoms with Crippen LogP contribution in [0, 0.1) is 5.92 Å². The van der Waals surface area contributed by atoms with Crippen molar-refractivity contribution in [3.05, 3.63) is 11.8 Å². The summed E-state index contributed by atoms with van der Waals surface area (Å²) in [6.07, 6.45) is 10.3. The van der Waals surface area contributed by atoms with Crippen LogP contribution in [0.15, 0.2) is 6.07 Å². The molecule has 1 aromatic heterocycles. The Kier molecular flexibility index (Phi) is 5.76. The van der Waals surface area contributed by atoms with Gasteiger partial charge in [0.15, 0.2) is 0 Å². The standard InChI is InChI=1S/C18H30N4O2/c1-22-17(12-16(21-22)14-8-5-9-14)20-18(24)19-15(10-11-23)13-6-3-2-4-7-13/h12-15,23H,2-11H2,1H3,(H2,19,20,24). The van der Waals surface area contributed by atoms with Crippen molar-refractivity contribution < 1.29 is 9.90 Å². The molecule has 0 aromatic carbocycles. The first-order valence-corrected chi connectivity index (χ1v) is 9.39. The van der Waals surface area contributed by atoms with Crippen molar-refractivity contribution in [1.29, 1.82) is 0 Å². The molecule has 6 nitrogen and oxygen atoms in total. The molecule has 6 heteroatoms. The summed E-state index contributed by atoms with van der Waals surface area (Å²) in [4.78, 5) is 12.4. The maximum absolute atomic E-state index is 12.4. The van der Waals surface area contributed by atoms with E-state index in [0.29, 0.717) is 18.3 Å². The number of nitrogens with one attached hydrogen (secondary N) is 2. The number of urea groups is 1. The second-order valence-electron chi connectivity index (χ2n) is 7.32. The number of aliphatic hydroxyl groups is 1. The second kappa shape index (κ2) is 8.01. The lowest BCUT2D eigenvalue weighted by atomic mass is 9.83. The molecular formula is C18H30N4O2. The van der Waals surface area contributed by atoms with Crippen molar-refractivity contribution in [2.45, 2.75) is 69.7 Å². The van der Waals surface area contributed by atoms with Crippen molar-refractivity contribution in [3.8, 4) is 0 Å². The fraction of sp³-hybridized carbons (Fsp3) is 0.778. The van der Waals surface area contributed by atoms with E-state index in [9.17, 15) is 9.90 Å². The molecule has 1 unspecified atom stereocenters. The van der Waals surface area contributed by atoms with E-state index in [0.717, 1.165) is 24.4 Å². The fourth-order valence-corrected chi connectivity index (χ4v) is 3.93. The van der Waals surface area contributed by atoms with Gasteiger partial charge in [-0.1, -0.05) is 25.7 Å². The van der Waals surface area contributed by atoms with Crippen molar-refractivity contribution in [2.24, 2.45) is 13.0 Å². The number of carbonyl (C=O) groups is 1. The Labute approximate surface area is 144 Å². The number of hydrogen-bond acceptors (Lipinski definition) is 3. The number of aryl methyl sites for hydroxylation is 1. The van der Waals surface area contributed by atoms with Gasteiger partial charge in [0.05, 0.1) is 5.69 Å². The summed E-state index contributed by atoms with van der Waals surface area (Å²) in [6.45, 7) is 0.110. The molecule has 0 spiro atoms. The van der Waals surface area contributed by atoms with Crippen LogP contribution in [-0.2, 0) is 7.05 Å². The largest absolute Gasteiger partial charge is 0.396 e. The summed E-state index contributed by atoms with van der Waals surface area (Å²) in [7, 11) is 1.87. The minimum absolute atomic E-state index is 0.0506. The van der Waals surface area contributed by atoms with Gasteiger partial charge < -0.3 is 10.4 Å². The Hall–Kier alpha value is -1.56. The Morgan fingerprint density at radius 1 is 1.29 bits per heavy atom. The predicted molar refractivity (Wildman–Crippen MR) is 94.0 cm³/mol. The van der Waals surface area contributed by atoms with Crippen molar-refractivity contribution in [2.75, 3.05) is 11.9 Å². The topological polar surface area (TPSA) is 79.2 Å². The highest BCUT2D eigenvalue weighted by atomic mass is 16.3. The Morgan fingerprint density at radius 2 is 2.04 bits per heavy atom. The van der Waals surface area contributed by atoms with Crippen LogP contribution >= 0.6 is 0 Å². The van der Waals surface area contributed by atoms with Gasteiger partial charge in [0.2, 0.25) is 0 Å². The van der Waals surface area contributed by atoms with Gasteiger partial charge in [0, 0.05) is 31.7 Å². The Morgan fingerprint density at radius 3 is 2.67 bits per heavy atom. The Balaban J connectivity index is 1.57. The van der Waals surface area contributed by atoms with Crippen molar-refractivity contribution in [3.63, 3.8) is 0 Å². The average molecular weight is 334 g/mol. The first-order chi connectivity index (χ1) is 11.7. The van der Waals surface area contributed by atoms with Gasteiger partial charge in [-0.25, -0.2) is 4.79 Å². The molecule has 24 heavy (non-hydrogen) atoms. The van der Waals surface area contributed by atoms with E-state index in [1.807, 2.05) is 13.1 Å². The molecular weight excluding hydrogens is 304 g/mol. The molecule has 0 saturated heterocycles. The molecule has 0 bridgehead atoms. The molecule has 1 atom stereocenters. The number of aromatic nitrogens is 2. The minimum Gasteiger partial charge on any atom is -0.396 e. The van der Waals surface area contributed by atoms with Crippen LogP contribution < -0.4 is 10.6 Å². The molecule has 3 rings (SSSR count). The molecule has 2 aliphatic carbocycles. The highest BCUT2D eigenvalue weighted by Gasteiger charge is 2.26. The van der Waals surface area contributed by atoms with E-state index < -0.39 is 0 Å². The molecule has 2 fully saturated rings. The van der Waals surface area contributed by atoms with Crippen molar-refractivity contribution >= 4 is 11.8 Å². The van der Waals surface area contributed by atoms with Crippen LogP contribution in [0.1, 0.15) is 69.4 Å². The van der Waals surface area contributed by atoms with Crippen molar-refractivity contribution in [1.82, 2.24) is 15.1 Å². The van der Waals surface area contributed by atoms with Crippen LogP contribution in [0.5, 0.6) is 0 Å². The minimum atomic E-state index is -0.192. The molecule has 1 aromatic rings. The third kappa shape index (κ3) is 4.09. The fourth-order valence-electron chi connectivity index (χ4n) is 3.93. The lowest BCUT2D eigenvalue weighted by Gasteiger charge is -2.30. The quantitative estimate of drug-likeness (QED) is 0.748. The van der Waals surface area contributed by atoms with Crippen LogP contribution in [0.2, 0.25) is 0 Å². The SMILES string of the molecule is Cn1nc(C2CCC2)cc1NC(=O)NC(CCO)C1CCCCC1. The lowest BCUT2D eigenvalue weighted by Crippen LogP contribution is -2.44.